The average molecular weight is 950 g/mol. The summed E-state index contributed by atoms with van der Waals surface area (Å²) in [5.74, 6) is -2.34. The largest absolute Gasteiger partial charge is 0.491 e. The number of methoxy groups -OCH3 is 1. The van der Waals surface area contributed by atoms with Gasteiger partial charge in [-0.1, -0.05) is 41.4 Å². The number of esters is 2. The molecule has 1 unspecified atom stereocenters. The summed E-state index contributed by atoms with van der Waals surface area (Å²) >= 11 is 12.7. The van der Waals surface area contributed by atoms with Gasteiger partial charge in [-0.25, -0.2) is 14.6 Å². The Bertz CT molecular complexity index is 2420. The number of piperazine rings is 1. The molecule has 3 aliphatic heterocycles. The maximum Gasteiger partial charge on any atom is 0.337 e. The number of nitrogens with zero attached hydrogens (tertiary/aromatic N) is 5. The Hall–Kier alpha value is -5.98. The van der Waals surface area contributed by atoms with Crippen LogP contribution in [-0.2, 0) is 50.4 Å². The van der Waals surface area contributed by atoms with Crippen LogP contribution < -0.4 is 15.0 Å². The highest BCUT2D eigenvalue weighted by molar-refractivity contribution is 6.35. The third-order valence-corrected chi connectivity index (χ3v) is 11.5. The second kappa shape index (κ2) is 22.5. The van der Waals surface area contributed by atoms with E-state index >= 15 is 0 Å². The van der Waals surface area contributed by atoms with Gasteiger partial charge < -0.3 is 48.1 Å². The van der Waals surface area contributed by atoms with Crippen molar-refractivity contribution in [3.63, 3.8) is 0 Å². The van der Waals surface area contributed by atoms with Crippen LogP contribution >= 0.6 is 23.2 Å². The van der Waals surface area contributed by atoms with Gasteiger partial charge in [0.1, 0.15) is 25.1 Å². The normalized spacial score (nSPS) is 19.5. The Morgan fingerprint density at radius 1 is 0.970 bits per heavy atom. The molecular formula is C47H54Cl2N6O11. The van der Waals surface area contributed by atoms with E-state index in [1.165, 1.54) is 25.3 Å². The Morgan fingerprint density at radius 2 is 1.68 bits per heavy atom. The minimum Gasteiger partial charge on any atom is -0.491 e. The molecule has 3 aromatic carbocycles. The second-order valence-corrected chi connectivity index (χ2v) is 16.9. The lowest BCUT2D eigenvalue weighted by atomic mass is 9.80. The number of nitro benzene ring substituents is 1. The molecule has 3 aliphatic rings. The lowest BCUT2D eigenvalue weighted by Gasteiger charge is -2.35. The highest BCUT2D eigenvalue weighted by atomic mass is 35.5. The lowest BCUT2D eigenvalue weighted by Crippen LogP contribution is -2.48. The zero-order valence-electron chi connectivity index (χ0n) is 37.7. The first-order valence-corrected chi connectivity index (χ1v) is 22.1. The summed E-state index contributed by atoms with van der Waals surface area (Å²) in [5.41, 5.74) is 3.47. The van der Waals surface area contributed by atoms with E-state index in [0.717, 1.165) is 37.6 Å². The first kappa shape index (κ1) is 49.5. The van der Waals surface area contributed by atoms with Crippen LogP contribution in [0.3, 0.4) is 0 Å². The average Bonchev–Trinajstić information content (AvgIpc) is 3.96. The van der Waals surface area contributed by atoms with Crippen molar-refractivity contribution in [1.82, 2.24) is 19.8 Å². The van der Waals surface area contributed by atoms with Crippen LogP contribution in [0.1, 0.15) is 51.7 Å². The molecule has 2 fully saturated rings. The van der Waals surface area contributed by atoms with E-state index in [0.29, 0.717) is 52.3 Å². The number of rotatable bonds is 15. The monoisotopic (exact) mass is 948 g/mol. The molecule has 66 heavy (non-hydrogen) atoms. The van der Waals surface area contributed by atoms with E-state index in [-0.39, 0.29) is 48.2 Å². The SMILES string of the molecule is CC(=O)N1CCN(c2ccc(OC[C@H]3CO[C@](Cn4ccnc4)(c4ccc(Cl)cc4Cl)O3)cc2)CC1.COCCOC(=O)C1=C(C)NC(C)=C(C(=O)OC(C)C)C1c1cccc([N+](=O)[O-])c1. The smallest absolute Gasteiger partial charge is 0.337 e. The molecule has 1 aromatic heterocycles. The molecule has 19 heteroatoms. The van der Waals surface area contributed by atoms with Gasteiger partial charge in [-0.2, -0.15) is 0 Å². The number of amides is 1. The number of imidazole rings is 1. The zero-order chi connectivity index (χ0) is 47.5. The van der Waals surface area contributed by atoms with Crippen LogP contribution in [0.4, 0.5) is 11.4 Å². The first-order chi connectivity index (χ1) is 31.6. The topological polar surface area (TPSA) is 186 Å². The number of aromatic nitrogens is 2. The number of nitro groups is 1. The van der Waals surface area contributed by atoms with Crippen molar-refractivity contribution in [1.29, 1.82) is 0 Å². The number of non-ortho nitro benzene ring substituents is 1. The number of carbonyl (C=O) groups is 3. The summed E-state index contributed by atoms with van der Waals surface area (Å²) in [6.45, 7) is 12.9. The Balaban J connectivity index is 0.000000223. The first-order valence-electron chi connectivity index (χ1n) is 21.4. The quantitative estimate of drug-likeness (QED) is 0.0547. The van der Waals surface area contributed by atoms with Gasteiger partial charge in [0.25, 0.3) is 5.69 Å². The van der Waals surface area contributed by atoms with E-state index in [2.05, 4.69) is 15.2 Å². The molecule has 3 atom stereocenters. The number of nitrogens with one attached hydrogen (secondary N) is 1. The van der Waals surface area contributed by atoms with Gasteiger partial charge in [-0.3, -0.25) is 14.9 Å². The van der Waals surface area contributed by atoms with Crippen molar-refractivity contribution >= 4 is 52.4 Å². The molecule has 4 aromatic rings. The Labute approximate surface area is 393 Å². The number of hydrogen-bond acceptors (Lipinski definition) is 14. The molecule has 352 valence electrons. The molecular weight excluding hydrogens is 895 g/mol. The van der Waals surface area contributed by atoms with E-state index < -0.39 is 28.6 Å². The zero-order valence-corrected chi connectivity index (χ0v) is 39.2. The van der Waals surface area contributed by atoms with Gasteiger partial charge >= 0.3 is 11.9 Å². The maximum absolute atomic E-state index is 12.9. The van der Waals surface area contributed by atoms with Crippen LogP contribution in [0.5, 0.6) is 5.75 Å². The number of dihydropyridines is 1. The lowest BCUT2D eigenvalue weighted by molar-refractivity contribution is -0.384. The van der Waals surface area contributed by atoms with Crippen molar-refractivity contribution in [2.75, 3.05) is 64.6 Å². The third-order valence-electron chi connectivity index (χ3n) is 11.0. The highest BCUT2D eigenvalue weighted by Crippen LogP contribution is 2.42. The summed E-state index contributed by atoms with van der Waals surface area (Å²) in [7, 11) is 1.48. The van der Waals surface area contributed by atoms with Crippen LogP contribution in [-0.4, -0.2) is 109 Å². The fourth-order valence-electron chi connectivity index (χ4n) is 7.86. The van der Waals surface area contributed by atoms with Gasteiger partial charge in [-0.05, 0) is 69.7 Å². The van der Waals surface area contributed by atoms with Gasteiger partial charge in [-0.15, -0.1) is 0 Å². The fraction of sp³-hybridized carbons (Fsp3) is 0.404. The molecule has 4 heterocycles. The van der Waals surface area contributed by atoms with Crippen molar-refractivity contribution < 1.29 is 47.7 Å². The van der Waals surface area contributed by atoms with E-state index in [4.69, 9.17) is 51.6 Å². The molecule has 17 nitrogen and oxygen atoms in total. The summed E-state index contributed by atoms with van der Waals surface area (Å²) in [5, 5.41) is 15.3. The fourth-order valence-corrected chi connectivity index (χ4v) is 8.41. The van der Waals surface area contributed by atoms with Gasteiger partial charge in [0.05, 0.1) is 59.2 Å². The minimum atomic E-state index is -1.08. The van der Waals surface area contributed by atoms with E-state index in [1.807, 2.05) is 46.0 Å². The maximum atomic E-state index is 12.9. The predicted molar refractivity (Wildman–Crippen MR) is 246 cm³/mol. The molecule has 0 aliphatic carbocycles. The molecule has 2 saturated heterocycles. The molecule has 0 spiro atoms. The summed E-state index contributed by atoms with van der Waals surface area (Å²) in [6, 6.07) is 19.1. The van der Waals surface area contributed by atoms with Crippen molar-refractivity contribution in [2.45, 2.75) is 65.1 Å². The van der Waals surface area contributed by atoms with Crippen LogP contribution in [0, 0.1) is 10.1 Å². The molecule has 1 N–H and O–H groups in total. The van der Waals surface area contributed by atoms with Gasteiger partial charge in [0, 0.05) is 92.4 Å². The number of halogens is 2. The Morgan fingerprint density at radius 3 is 2.30 bits per heavy atom. The number of carbonyl (C=O) groups excluding carboxylic acids is 3. The second-order valence-electron chi connectivity index (χ2n) is 16.0. The standard InChI is InChI=1S/C26H28Cl2N4O4.C21H26N2O7/c1-19(33)31-10-12-32(13-11-31)21-3-5-22(6-4-21)34-15-23-16-35-26(36-23,17-30-9-8-29-18-30)24-7-2-20(27)14-25(24)28;1-12(2)30-21(25)18-14(4)22-13(3)17(20(24)29-10-9-28-5)19(18)15-7-6-8-16(11-15)23(26)27/h2-9,14,18,23H,10-13,15-17H2,1H3;6-8,11-12,19,22H,9-10H2,1-5H3/t23-,26-;/m0./s1. The highest BCUT2D eigenvalue weighted by Gasteiger charge is 2.45. The van der Waals surface area contributed by atoms with Crippen LogP contribution in [0.2, 0.25) is 10.0 Å². The summed E-state index contributed by atoms with van der Waals surface area (Å²) in [4.78, 5) is 56.4. The van der Waals surface area contributed by atoms with Crippen LogP contribution in [0.15, 0.2) is 108 Å². The third kappa shape index (κ3) is 12.3. The van der Waals surface area contributed by atoms with E-state index in [9.17, 15) is 24.5 Å². The van der Waals surface area contributed by atoms with Crippen molar-refractivity contribution in [2.24, 2.45) is 0 Å². The summed E-state index contributed by atoms with van der Waals surface area (Å²) < 4.78 is 36.2. The number of ether oxygens (including phenoxy) is 6. The molecule has 0 saturated carbocycles. The number of hydrogen-bond donors (Lipinski definition) is 1. The number of anilines is 1. The van der Waals surface area contributed by atoms with E-state index in [1.54, 1.807) is 65.3 Å². The van der Waals surface area contributed by atoms with Gasteiger partial charge in [0.2, 0.25) is 11.7 Å². The minimum absolute atomic E-state index is 0.0300. The van der Waals surface area contributed by atoms with Crippen molar-refractivity contribution in [3.8, 4) is 5.75 Å². The predicted octanol–water partition coefficient (Wildman–Crippen LogP) is 7.18. The van der Waals surface area contributed by atoms with Gasteiger partial charge in [0.15, 0.2) is 0 Å². The molecule has 0 bridgehead atoms. The molecule has 1 amide bonds. The molecule has 7 rings (SSSR count). The van der Waals surface area contributed by atoms with Crippen LogP contribution in [0.25, 0.3) is 0 Å². The van der Waals surface area contributed by atoms with Crippen molar-refractivity contribution in [3.05, 3.63) is 139 Å². The molecule has 0 radical (unpaired) electrons. The number of allylic oxidation sites excluding steroid dienone is 2. The number of benzene rings is 3. The Kier molecular flexibility index (Phi) is 16.8. The summed E-state index contributed by atoms with van der Waals surface area (Å²) in [6.07, 6.45) is 4.60.